The third-order valence-corrected chi connectivity index (χ3v) is 3.71. The average molecular weight is 347 g/mol. The van der Waals surface area contributed by atoms with Gasteiger partial charge in [0.1, 0.15) is 0 Å². The van der Waals surface area contributed by atoms with Gasteiger partial charge in [0.15, 0.2) is 0 Å². The highest BCUT2D eigenvalue weighted by atomic mass is 35.5. The molecule has 1 aromatic rings. The van der Waals surface area contributed by atoms with Gasteiger partial charge in [0, 0.05) is 43.7 Å². The summed E-state index contributed by atoms with van der Waals surface area (Å²) in [5.74, 6) is -0.356. The number of nitrogens with zero attached hydrogens (tertiary/aromatic N) is 1. The largest absolute Gasteiger partial charge is 0.351 e. The molecule has 1 aliphatic rings. The van der Waals surface area contributed by atoms with E-state index < -0.39 is 6.03 Å². The minimum absolute atomic E-state index is 0. The zero-order valence-corrected chi connectivity index (χ0v) is 13.6. The molecular weight excluding hydrogens is 327 g/mol. The topological polar surface area (TPSA) is 87.5 Å². The summed E-state index contributed by atoms with van der Waals surface area (Å²) in [6.45, 7) is 3.07. The number of rotatable bonds is 4. The van der Waals surface area contributed by atoms with Gasteiger partial charge in [0.25, 0.3) is 0 Å². The van der Waals surface area contributed by atoms with E-state index in [0.29, 0.717) is 11.6 Å². The predicted octanol–water partition coefficient (Wildman–Crippen LogP) is 1.29. The first-order valence-electron chi connectivity index (χ1n) is 6.86. The Morgan fingerprint density at radius 3 is 2.91 bits per heavy atom. The number of piperazine rings is 1. The average Bonchev–Trinajstić information content (AvgIpc) is 2.45. The number of hydrogen-bond acceptors (Lipinski definition) is 4. The lowest BCUT2D eigenvalue weighted by Crippen LogP contribution is -2.47. The quantitative estimate of drug-likeness (QED) is 0.766. The van der Waals surface area contributed by atoms with Crippen molar-refractivity contribution in [2.45, 2.75) is 12.5 Å². The molecule has 8 heteroatoms. The molecule has 1 heterocycles. The molecule has 6 nitrogen and oxygen atoms in total. The van der Waals surface area contributed by atoms with Crippen LogP contribution in [0, 0.1) is 0 Å². The third-order valence-electron chi connectivity index (χ3n) is 3.48. The minimum atomic E-state index is -0.813. The van der Waals surface area contributed by atoms with Crippen molar-refractivity contribution in [3.8, 4) is 0 Å². The van der Waals surface area contributed by atoms with E-state index in [1.54, 1.807) is 0 Å². The fourth-order valence-electron chi connectivity index (χ4n) is 2.50. The minimum Gasteiger partial charge on any atom is -0.351 e. The SMILES string of the molecule is Cl.NC(=O)NC(=O)CCN1CCNCC1c1cccc(Cl)c1. The lowest BCUT2D eigenvalue weighted by Gasteiger charge is -2.36. The maximum Gasteiger partial charge on any atom is 0.318 e. The van der Waals surface area contributed by atoms with Gasteiger partial charge in [-0.15, -0.1) is 12.4 Å². The molecule has 1 atom stereocenters. The number of nitrogens with one attached hydrogen (secondary N) is 2. The highest BCUT2D eigenvalue weighted by molar-refractivity contribution is 6.30. The van der Waals surface area contributed by atoms with Gasteiger partial charge in [-0.2, -0.15) is 0 Å². The number of primary amides is 1. The second kappa shape index (κ2) is 8.95. The number of nitrogens with two attached hydrogens (primary N) is 1. The van der Waals surface area contributed by atoms with Crippen LogP contribution in [0.5, 0.6) is 0 Å². The van der Waals surface area contributed by atoms with E-state index in [-0.39, 0.29) is 30.8 Å². The van der Waals surface area contributed by atoms with Crippen molar-refractivity contribution in [2.75, 3.05) is 26.2 Å². The fourth-order valence-corrected chi connectivity index (χ4v) is 2.70. The molecule has 0 saturated carbocycles. The van der Waals surface area contributed by atoms with Crippen molar-refractivity contribution in [2.24, 2.45) is 5.73 Å². The standard InChI is InChI=1S/C14H19ClN4O2.ClH/c15-11-3-1-2-10(8-11)12-9-17-5-7-19(12)6-4-13(20)18-14(16)21;/h1-3,8,12,17H,4-7,9H2,(H3,16,18,20,21);1H. The van der Waals surface area contributed by atoms with Crippen LogP contribution < -0.4 is 16.4 Å². The summed E-state index contributed by atoms with van der Waals surface area (Å²) in [7, 11) is 0. The Balaban J connectivity index is 0.00000242. The Kier molecular flexibility index (Phi) is 7.61. The number of carbonyl (C=O) groups is 2. The zero-order chi connectivity index (χ0) is 15.2. The van der Waals surface area contributed by atoms with E-state index in [1.165, 1.54) is 0 Å². The molecule has 1 saturated heterocycles. The predicted molar refractivity (Wildman–Crippen MR) is 88.2 cm³/mol. The number of carbonyl (C=O) groups excluding carboxylic acids is 2. The van der Waals surface area contributed by atoms with Gasteiger partial charge in [-0.1, -0.05) is 23.7 Å². The van der Waals surface area contributed by atoms with E-state index in [4.69, 9.17) is 17.3 Å². The number of benzene rings is 1. The summed E-state index contributed by atoms with van der Waals surface area (Å²) >= 11 is 6.04. The first kappa shape index (κ1) is 18.7. The number of amides is 3. The van der Waals surface area contributed by atoms with Gasteiger partial charge >= 0.3 is 6.03 Å². The normalized spacial score (nSPS) is 18.3. The number of imide groups is 1. The van der Waals surface area contributed by atoms with Crippen LogP contribution in [-0.4, -0.2) is 43.0 Å². The summed E-state index contributed by atoms with van der Waals surface area (Å²) in [5, 5.41) is 6.12. The van der Waals surface area contributed by atoms with Crippen LogP contribution in [0.1, 0.15) is 18.0 Å². The summed E-state index contributed by atoms with van der Waals surface area (Å²) in [5.41, 5.74) is 6.04. The summed E-state index contributed by atoms with van der Waals surface area (Å²) in [4.78, 5) is 24.4. The van der Waals surface area contributed by atoms with Crippen LogP contribution in [0.25, 0.3) is 0 Å². The summed E-state index contributed by atoms with van der Waals surface area (Å²) in [6, 6.07) is 7.08. The van der Waals surface area contributed by atoms with Crippen LogP contribution in [-0.2, 0) is 4.79 Å². The van der Waals surface area contributed by atoms with Gasteiger partial charge in [-0.25, -0.2) is 4.79 Å². The molecule has 0 spiro atoms. The molecule has 0 bridgehead atoms. The maximum absolute atomic E-state index is 11.5. The first-order chi connectivity index (χ1) is 10.1. The molecule has 1 fully saturated rings. The number of halogens is 2. The van der Waals surface area contributed by atoms with Crippen LogP contribution in [0.2, 0.25) is 5.02 Å². The second-order valence-electron chi connectivity index (χ2n) is 4.97. The molecule has 1 aromatic carbocycles. The van der Waals surface area contributed by atoms with Gasteiger partial charge in [-0.05, 0) is 17.7 Å². The molecule has 0 aromatic heterocycles. The van der Waals surface area contributed by atoms with E-state index in [0.717, 1.165) is 25.2 Å². The zero-order valence-electron chi connectivity index (χ0n) is 12.0. The molecule has 22 heavy (non-hydrogen) atoms. The van der Waals surface area contributed by atoms with Crippen LogP contribution in [0.15, 0.2) is 24.3 Å². The van der Waals surface area contributed by atoms with Crippen molar-refractivity contribution in [1.82, 2.24) is 15.5 Å². The lowest BCUT2D eigenvalue weighted by atomic mass is 10.0. The van der Waals surface area contributed by atoms with Crippen LogP contribution >= 0.6 is 24.0 Å². The molecular formula is C14H20Cl2N4O2. The lowest BCUT2D eigenvalue weighted by molar-refractivity contribution is -0.120. The van der Waals surface area contributed by atoms with E-state index in [9.17, 15) is 9.59 Å². The molecule has 1 unspecified atom stereocenters. The summed E-state index contributed by atoms with van der Waals surface area (Å²) in [6.07, 6.45) is 0.236. The molecule has 2 rings (SSSR count). The van der Waals surface area contributed by atoms with Gasteiger partial charge in [0.2, 0.25) is 5.91 Å². The Morgan fingerprint density at radius 2 is 2.23 bits per heavy atom. The van der Waals surface area contributed by atoms with Gasteiger partial charge in [0.05, 0.1) is 0 Å². The third kappa shape index (κ3) is 5.46. The number of hydrogen-bond donors (Lipinski definition) is 3. The van der Waals surface area contributed by atoms with Crippen molar-refractivity contribution in [3.05, 3.63) is 34.9 Å². The van der Waals surface area contributed by atoms with E-state index in [2.05, 4.69) is 15.5 Å². The number of urea groups is 1. The monoisotopic (exact) mass is 346 g/mol. The van der Waals surface area contributed by atoms with Crippen molar-refractivity contribution in [3.63, 3.8) is 0 Å². The van der Waals surface area contributed by atoms with E-state index >= 15 is 0 Å². The maximum atomic E-state index is 11.5. The highest BCUT2D eigenvalue weighted by Gasteiger charge is 2.24. The van der Waals surface area contributed by atoms with Gasteiger partial charge < -0.3 is 11.1 Å². The Morgan fingerprint density at radius 1 is 1.45 bits per heavy atom. The van der Waals surface area contributed by atoms with Crippen LogP contribution in [0.3, 0.4) is 0 Å². The molecule has 0 aliphatic carbocycles. The van der Waals surface area contributed by atoms with E-state index in [1.807, 2.05) is 24.3 Å². The molecule has 4 N–H and O–H groups in total. The first-order valence-corrected chi connectivity index (χ1v) is 7.23. The highest BCUT2D eigenvalue weighted by Crippen LogP contribution is 2.24. The Bertz CT molecular complexity index is 527. The molecule has 122 valence electrons. The van der Waals surface area contributed by atoms with Gasteiger partial charge in [-0.3, -0.25) is 15.0 Å². The molecule has 0 radical (unpaired) electrons. The summed E-state index contributed by atoms with van der Waals surface area (Å²) < 4.78 is 0. The van der Waals surface area contributed by atoms with Crippen LogP contribution in [0.4, 0.5) is 4.79 Å². The Hall–Kier alpha value is -1.34. The molecule has 1 aliphatic heterocycles. The van der Waals surface area contributed by atoms with Crippen molar-refractivity contribution in [1.29, 1.82) is 0 Å². The second-order valence-corrected chi connectivity index (χ2v) is 5.41. The van der Waals surface area contributed by atoms with Crippen molar-refractivity contribution >= 4 is 35.9 Å². The smallest absolute Gasteiger partial charge is 0.318 e. The van der Waals surface area contributed by atoms with Crippen molar-refractivity contribution < 1.29 is 9.59 Å². The molecule has 3 amide bonds. The Labute approximate surface area is 140 Å². The fraction of sp³-hybridized carbons (Fsp3) is 0.429.